The number of carboxylic acids is 1. The number of nitrogens with one attached hydrogen (secondary N) is 1. The van der Waals surface area contributed by atoms with Crippen LogP contribution in [-0.2, 0) is 11.2 Å². The van der Waals surface area contributed by atoms with Gasteiger partial charge in [0.15, 0.2) is 5.82 Å². The highest BCUT2D eigenvalue weighted by molar-refractivity contribution is 8.01. The van der Waals surface area contributed by atoms with Gasteiger partial charge < -0.3 is 9.63 Å². The van der Waals surface area contributed by atoms with E-state index in [1.807, 2.05) is 42.5 Å². The van der Waals surface area contributed by atoms with Crippen LogP contribution in [0.2, 0.25) is 0 Å². The average Bonchev–Trinajstić information content (AvgIpc) is 3.09. The minimum absolute atomic E-state index is 0.101. The molecule has 1 atom stereocenters. The lowest BCUT2D eigenvalue weighted by atomic mass is 10.1. The van der Waals surface area contributed by atoms with Gasteiger partial charge in [0.25, 0.3) is 5.89 Å². The number of hydrogen-bond acceptors (Lipinski definition) is 6. The Morgan fingerprint density at radius 1 is 1.21 bits per heavy atom. The zero-order valence-electron chi connectivity index (χ0n) is 17.0. The maximum absolute atomic E-state index is 10.5. The molecule has 29 heavy (non-hydrogen) atoms. The molecule has 3 rings (SSSR count). The molecule has 0 saturated carbocycles. The molecule has 1 aromatic heterocycles. The SMILES string of the molecule is CCC.CCc1ccc(-c2nc(C3C=CC=C(SNCC(=O)O)C=C3)no2)cc1. The third-order valence-corrected chi connectivity index (χ3v) is 4.61. The topological polar surface area (TPSA) is 88.2 Å². The lowest BCUT2D eigenvalue weighted by Crippen LogP contribution is -2.15. The zero-order chi connectivity index (χ0) is 21.1. The molecule has 0 saturated heterocycles. The summed E-state index contributed by atoms with van der Waals surface area (Å²) < 4.78 is 8.19. The summed E-state index contributed by atoms with van der Waals surface area (Å²) in [6.45, 7) is 6.26. The van der Waals surface area contributed by atoms with E-state index in [4.69, 9.17) is 9.63 Å². The van der Waals surface area contributed by atoms with Gasteiger partial charge in [0, 0.05) is 10.5 Å². The van der Waals surface area contributed by atoms with Crippen molar-refractivity contribution in [2.45, 2.75) is 39.5 Å². The Morgan fingerprint density at radius 2 is 1.93 bits per heavy atom. The standard InChI is InChI=1S/C19H19N3O3S.C3H8/c1-2-13-6-8-15(9-7-13)19-21-18(22-25-19)14-4-3-5-16(11-10-14)26-20-12-17(23)24;1-3-2/h3-11,14,20H,2,12H2,1H3,(H,23,24);3H2,1-2H3. The minimum atomic E-state index is -0.893. The van der Waals surface area contributed by atoms with Crippen molar-refractivity contribution in [3.05, 3.63) is 70.9 Å². The fourth-order valence-corrected chi connectivity index (χ4v) is 3.04. The van der Waals surface area contributed by atoms with Crippen LogP contribution in [-0.4, -0.2) is 27.8 Å². The molecular formula is C22H27N3O3S. The van der Waals surface area contributed by atoms with Gasteiger partial charge in [-0.15, -0.1) is 0 Å². The number of allylic oxidation sites excluding steroid dienone is 5. The molecule has 154 valence electrons. The smallest absolute Gasteiger partial charge is 0.318 e. The molecule has 0 fully saturated rings. The van der Waals surface area contributed by atoms with Crippen LogP contribution in [0.3, 0.4) is 0 Å². The zero-order valence-corrected chi connectivity index (χ0v) is 17.8. The van der Waals surface area contributed by atoms with Crippen molar-refractivity contribution in [2.75, 3.05) is 6.54 Å². The van der Waals surface area contributed by atoms with Gasteiger partial charge in [-0.05, 0) is 42.1 Å². The van der Waals surface area contributed by atoms with E-state index >= 15 is 0 Å². The molecule has 0 aliphatic heterocycles. The number of hydrogen-bond donors (Lipinski definition) is 2. The first-order chi connectivity index (χ1) is 14.1. The molecule has 7 heteroatoms. The quantitative estimate of drug-likeness (QED) is 0.608. The number of benzene rings is 1. The van der Waals surface area contributed by atoms with Crippen LogP contribution >= 0.6 is 11.9 Å². The fourth-order valence-electron chi connectivity index (χ4n) is 2.38. The number of rotatable bonds is 7. The van der Waals surface area contributed by atoms with Crippen molar-refractivity contribution in [3.63, 3.8) is 0 Å². The summed E-state index contributed by atoms with van der Waals surface area (Å²) in [5, 5.41) is 12.8. The second-order valence-corrected chi connectivity index (χ2v) is 7.34. The minimum Gasteiger partial charge on any atom is -0.480 e. The number of aliphatic carboxylic acids is 1. The Bertz CT molecular complexity index is 870. The number of carboxylic acid groups (broad SMARTS) is 1. The normalized spacial score (nSPS) is 15.3. The van der Waals surface area contributed by atoms with E-state index in [2.05, 4.69) is 47.8 Å². The molecule has 0 amide bonds. The predicted molar refractivity (Wildman–Crippen MR) is 117 cm³/mol. The van der Waals surface area contributed by atoms with Gasteiger partial charge in [0.1, 0.15) is 6.54 Å². The molecule has 1 heterocycles. The molecule has 1 aliphatic rings. The summed E-state index contributed by atoms with van der Waals surface area (Å²) >= 11 is 1.27. The van der Waals surface area contributed by atoms with E-state index in [0.29, 0.717) is 11.7 Å². The predicted octanol–water partition coefficient (Wildman–Crippen LogP) is 5.13. The number of carbonyl (C=O) groups is 1. The molecule has 1 unspecified atom stereocenters. The Morgan fingerprint density at radius 3 is 2.59 bits per heavy atom. The lowest BCUT2D eigenvalue weighted by Gasteiger charge is -2.01. The maximum atomic E-state index is 10.5. The largest absolute Gasteiger partial charge is 0.480 e. The number of aromatic nitrogens is 2. The molecule has 0 spiro atoms. The van der Waals surface area contributed by atoms with Gasteiger partial charge >= 0.3 is 5.97 Å². The summed E-state index contributed by atoms with van der Waals surface area (Å²) in [4.78, 5) is 16.0. The first-order valence-corrected chi connectivity index (χ1v) is 10.5. The van der Waals surface area contributed by atoms with Gasteiger partial charge in [-0.2, -0.15) is 4.98 Å². The van der Waals surface area contributed by atoms with Gasteiger partial charge in [-0.25, -0.2) is 4.72 Å². The first kappa shape index (κ1) is 22.6. The van der Waals surface area contributed by atoms with Gasteiger partial charge in [0.2, 0.25) is 0 Å². The average molecular weight is 414 g/mol. The van der Waals surface area contributed by atoms with Crippen molar-refractivity contribution >= 4 is 17.9 Å². The molecule has 1 aromatic carbocycles. The monoisotopic (exact) mass is 413 g/mol. The van der Waals surface area contributed by atoms with Crippen molar-refractivity contribution < 1.29 is 14.4 Å². The summed E-state index contributed by atoms with van der Waals surface area (Å²) in [7, 11) is 0. The van der Waals surface area contributed by atoms with Crippen LogP contribution in [0.5, 0.6) is 0 Å². The van der Waals surface area contributed by atoms with Crippen molar-refractivity contribution in [2.24, 2.45) is 0 Å². The van der Waals surface area contributed by atoms with E-state index in [-0.39, 0.29) is 12.5 Å². The van der Waals surface area contributed by atoms with E-state index in [1.54, 1.807) is 0 Å². The molecule has 6 nitrogen and oxygen atoms in total. The summed E-state index contributed by atoms with van der Waals surface area (Å²) in [6, 6.07) is 8.09. The van der Waals surface area contributed by atoms with Crippen LogP contribution < -0.4 is 4.72 Å². The first-order valence-electron chi connectivity index (χ1n) is 9.68. The highest BCUT2D eigenvalue weighted by Crippen LogP contribution is 2.26. The molecule has 0 bridgehead atoms. The fraction of sp³-hybridized carbons (Fsp3) is 0.318. The van der Waals surface area contributed by atoms with Crippen LogP contribution in [0, 0.1) is 0 Å². The molecule has 2 N–H and O–H groups in total. The second kappa shape index (κ2) is 12.0. The highest BCUT2D eigenvalue weighted by atomic mass is 32.2. The Hall–Kier alpha value is -2.64. The van der Waals surface area contributed by atoms with Gasteiger partial charge in [0.05, 0.1) is 5.92 Å². The summed E-state index contributed by atoms with van der Waals surface area (Å²) in [6.07, 6.45) is 11.9. The van der Waals surface area contributed by atoms with E-state index < -0.39 is 5.97 Å². The van der Waals surface area contributed by atoms with Crippen molar-refractivity contribution in [3.8, 4) is 11.5 Å². The van der Waals surface area contributed by atoms with Crippen LogP contribution in [0.1, 0.15) is 44.5 Å². The summed E-state index contributed by atoms with van der Waals surface area (Å²) in [5.41, 5.74) is 2.16. The Balaban J connectivity index is 0.000000941. The van der Waals surface area contributed by atoms with Crippen molar-refractivity contribution in [1.82, 2.24) is 14.9 Å². The Labute approximate surface area is 175 Å². The number of nitrogens with zero attached hydrogens (tertiary/aromatic N) is 2. The van der Waals surface area contributed by atoms with E-state index in [9.17, 15) is 4.79 Å². The lowest BCUT2D eigenvalue weighted by molar-refractivity contribution is -0.135. The second-order valence-electron chi connectivity index (χ2n) is 6.37. The Kier molecular flexibility index (Phi) is 9.40. The molecule has 0 radical (unpaired) electrons. The molecule has 1 aliphatic carbocycles. The van der Waals surface area contributed by atoms with Crippen LogP contribution in [0.15, 0.2) is 64.1 Å². The van der Waals surface area contributed by atoms with Crippen LogP contribution in [0.4, 0.5) is 0 Å². The molecule has 2 aromatic rings. The summed E-state index contributed by atoms with van der Waals surface area (Å²) in [5.74, 6) is 0.0938. The third kappa shape index (κ3) is 7.36. The molecular weight excluding hydrogens is 386 g/mol. The third-order valence-electron chi connectivity index (χ3n) is 3.81. The van der Waals surface area contributed by atoms with Crippen molar-refractivity contribution in [1.29, 1.82) is 0 Å². The highest BCUT2D eigenvalue weighted by Gasteiger charge is 2.15. The van der Waals surface area contributed by atoms with Gasteiger partial charge in [-0.1, -0.05) is 68.8 Å². The van der Waals surface area contributed by atoms with Crippen LogP contribution in [0.25, 0.3) is 11.5 Å². The van der Waals surface area contributed by atoms with E-state index in [1.165, 1.54) is 23.9 Å². The maximum Gasteiger partial charge on any atom is 0.318 e. The van der Waals surface area contributed by atoms with E-state index in [0.717, 1.165) is 16.9 Å². The van der Waals surface area contributed by atoms with Gasteiger partial charge in [-0.3, -0.25) is 4.79 Å². The number of aryl methyl sites for hydroxylation is 1.